The minimum atomic E-state index is -0.489. The average molecular weight is 329 g/mol. The third-order valence-corrected chi connectivity index (χ3v) is 4.65. The average Bonchev–Trinajstić information content (AvgIpc) is 3.28. The first-order valence-corrected chi connectivity index (χ1v) is 8.36. The van der Waals surface area contributed by atoms with Gasteiger partial charge in [-0.1, -0.05) is 0 Å². The smallest absolute Gasteiger partial charge is 0.265 e. The molecule has 2 aliphatic rings. The van der Waals surface area contributed by atoms with Gasteiger partial charge in [-0.15, -0.1) is 11.3 Å². The molecular formula is C16H15N3O3S. The quantitative estimate of drug-likeness (QED) is 0.907. The summed E-state index contributed by atoms with van der Waals surface area (Å²) in [5.74, 6) is 0.690. The molecule has 7 heteroatoms. The second-order valence-electron chi connectivity index (χ2n) is 5.76. The SMILES string of the molecule is C[C@@H]1Oc2ccc(-c3csc(NC(=O)C4CC4)n3)cc2NC1=O. The van der Waals surface area contributed by atoms with Crippen LogP contribution in [-0.4, -0.2) is 22.9 Å². The van der Waals surface area contributed by atoms with Gasteiger partial charge in [-0.3, -0.25) is 9.59 Å². The van der Waals surface area contributed by atoms with E-state index in [2.05, 4.69) is 15.6 Å². The Morgan fingerprint density at radius 1 is 1.43 bits per heavy atom. The maximum absolute atomic E-state index is 11.8. The third-order valence-electron chi connectivity index (χ3n) is 3.89. The Hall–Kier alpha value is -2.41. The second kappa shape index (κ2) is 5.34. The number of anilines is 2. The molecule has 1 aromatic heterocycles. The van der Waals surface area contributed by atoms with E-state index in [0.29, 0.717) is 16.6 Å². The molecule has 2 heterocycles. The van der Waals surface area contributed by atoms with E-state index >= 15 is 0 Å². The number of hydrogen-bond donors (Lipinski definition) is 2. The van der Waals surface area contributed by atoms with E-state index in [9.17, 15) is 9.59 Å². The maximum atomic E-state index is 11.8. The van der Waals surface area contributed by atoms with Gasteiger partial charge in [0, 0.05) is 16.9 Å². The summed E-state index contributed by atoms with van der Waals surface area (Å²) in [6, 6.07) is 5.55. The van der Waals surface area contributed by atoms with Crippen LogP contribution >= 0.6 is 11.3 Å². The Morgan fingerprint density at radius 3 is 3.04 bits per heavy atom. The number of thiazole rings is 1. The number of fused-ring (bicyclic) bond motifs is 1. The van der Waals surface area contributed by atoms with Gasteiger partial charge in [-0.2, -0.15) is 0 Å². The van der Waals surface area contributed by atoms with Gasteiger partial charge in [-0.05, 0) is 38.0 Å². The summed E-state index contributed by atoms with van der Waals surface area (Å²) in [6.45, 7) is 1.71. The summed E-state index contributed by atoms with van der Waals surface area (Å²) in [5.41, 5.74) is 2.27. The van der Waals surface area contributed by atoms with E-state index < -0.39 is 6.10 Å². The molecule has 2 amide bonds. The summed E-state index contributed by atoms with van der Waals surface area (Å²) in [7, 11) is 0. The molecule has 23 heavy (non-hydrogen) atoms. The van der Waals surface area contributed by atoms with E-state index in [0.717, 1.165) is 24.1 Å². The van der Waals surface area contributed by atoms with Gasteiger partial charge in [-0.25, -0.2) is 4.98 Å². The van der Waals surface area contributed by atoms with Crippen LogP contribution in [-0.2, 0) is 9.59 Å². The first kappa shape index (κ1) is 14.2. The Bertz CT molecular complexity index is 798. The van der Waals surface area contributed by atoms with Crippen LogP contribution in [0.5, 0.6) is 5.75 Å². The van der Waals surface area contributed by atoms with Crippen molar-refractivity contribution >= 4 is 34.0 Å². The molecule has 1 saturated carbocycles. The first-order chi connectivity index (χ1) is 11.1. The number of amides is 2. The fourth-order valence-electron chi connectivity index (χ4n) is 2.38. The molecule has 1 atom stereocenters. The zero-order valence-electron chi connectivity index (χ0n) is 12.5. The van der Waals surface area contributed by atoms with Crippen molar-refractivity contribution in [1.29, 1.82) is 0 Å². The van der Waals surface area contributed by atoms with Gasteiger partial charge < -0.3 is 15.4 Å². The number of hydrogen-bond acceptors (Lipinski definition) is 5. The summed E-state index contributed by atoms with van der Waals surface area (Å²) in [5, 5.41) is 8.15. The monoisotopic (exact) mass is 329 g/mol. The molecule has 2 N–H and O–H groups in total. The Balaban J connectivity index is 1.56. The summed E-state index contributed by atoms with van der Waals surface area (Å²) in [4.78, 5) is 27.9. The van der Waals surface area contributed by atoms with Gasteiger partial charge in [0.15, 0.2) is 11.2 Å². The first-order valence-electron chi connectivity index (χ1n) is 7.48. The number of carbonyl (C=O) groups excluding carboxylic acids is 2. The number of carbonyl (C=O) groups is 2. The van der Waals surface area contributed by atoms with Crippen LogP contribution < -0.4 is 15.4 Å². The van der Waals surface area contributed by atoms with E-state index in [1.807, 2.05) is 23.6 Å². The Kier molecular flexibility index (Phi) is 3.30. The van der Waals surface area contributed by atoms with Crippen LogP contribution in [0.1, 0.15) is 19.8 Å². The van der Waals surface area contributed by atoms with Crippen molar-refractivity contribution in [3.05, 3.63) is 23.6 Å². The summed E-state index contributed by atoms with van der Waals surface area (Å²) in [6.07, 6.45) is 1.44. The van der Waals surface area contributed by atoms with E-state index in [4.69, 9.17) is 4.74 Å². The molecule has 0 radical (unpaired) electrons. The standard InChI is InChI=1S/C16H15N3O3S/c1-8-14(20)17-11-6-10(4-5-13(11)22-8)12-7-23-16(18-12)19-15(21)9-2-3-9/h4-9H,2-3H2,1H3,(H,17,20)(H,18,19,21)/t8-/m0/s1. The maximum Gasteiger partial charge on any atom is 0.265 e. The molecule has 1 aromatic carbocycles. The van der Waals surface area contributed by atoms with E-state index in [-0.39, 0.29) is 17.7 Å². The second-order valence-corrected chi connectivity index (χ2v) is 6.62. The summed E-state index contributed by atoms with van der Waals surface area (Å²) >= 11 is 1.39. The van der Waals surface area contributed by atoms with Crippen LogP contribution in [0.15, 0.2) is 23.6 Å². The Labute approximate surface area is 136 Å². The highest BCUT2D eigenvalue weighted by Crippen LogP contribution is 2.35. The van der Waals surface area contributed by atoms with Gasteiger partial charge in [0.1, 0.15) is 5.75 Å². The van der Waals surface area contributed by atoms with Crippen LogP contribution in [0.25, 0.3) is 11.3 Å². The van der Waals surface area contributed by atoms with Crippen LogP contribution in [0, 0.1) is 5.92 Å². The van der Waals surface area contributed by atoms with Crippen molar-refractivity contribution in [1.82, 2.24) is 4.98 Å². The molecule has 0 spiro atoms. The fraction of sp³-hybridized carbons (Fsp3) is 0.312. The minimum absolute atomic E-state index is 0.0472. The normalized spacial score (nSPS) is 19.5. The molecule has 1 aliphatic heterocycles. The zero-order valence-corrected chi connectivity index (χ0v) is 13.3. The van der Waals surface area contributed by atoms with Crippen molar-refractivity contribution in [3.63, 3.8) is 0 Å². The predicted molar refractivity (Wildman–Crippen MR) is 87.6 cm³/mol. The lowest BCUT2D eigenvalue weighted by molar-refractivity contribution is -0.122. The summed E-state index contributed by atoms with van der Waals surface area (Å²) < 4.78 is 5.54. The third kappa shape index (κ3) is 2.79. The predicted octanol–water partition coefficient (Wildman–Crippen LogP) is 2.88. The van der Waals surface area contributed by atoms with Gasteiger partial charge in [0.2, 0.25) is 5.91 Å². The Morgan fingerprint density at radius 2 is 2.26 bits per heavy atom. The number of rotatable bonds is 3. The highest BCUT2D eigenvalue weighted by atomic mass is 32.1. The molecule has 2 aromatic rings. The number of nitrogens with one attached hydrogen (secondary N) is 2. The topological polar surface area (TPSA) is 80.3 Å². The van der Waals surface area contributed by atoms with Crippen molar-refractivity contribution < 1.29 is 14.3 Å². The lowest BCUT2D eigenvalue weighted by Gasteiger charge is -2.23. The van der Waals surface area contributed by atoms with Crippen molar-refractivity contribution in [2.75, 3.05) is 10.6 Å². The molecular weight excluding hydrogens is 314 g/mol. The molecule has 1 aliphatic carbocycles. The van der Waals surface area contributed by atoms with E-state index in [1.54, 1.807) is 6.92 Å². The fourth-order valence-corrected chi connectivity index (χ4v) is 3.11. The highest BCUT2D eigenvalue weighted by molar-refractivity contribution is 7.14. The zero-order chi connectivity index (χ0) is 16.0. The number of nitrogens with zero attached hydrogens (tertiary/aromatic N) is 1. The number of aromatic nitrogens is 1. The van der Waals surface area contributed by atoms with Crippen LogP contribution in [0.2, 0.25) is 0 Å². The largest absolute Gasteiger partial charge is 0.479 e. The van der Waals surface area contributed by atoms with Crippen molar-refractivity contribution in [2.45, 2.75) is 25.9 Å². The number of ether oxygens (including phenoxy) is 1. The minimum Gasteiger partial charge on any atom is -0.479 e. The van der Waals surface area contributed by atoms with Gasteiger partial charge in [0.25, 0.3) is 5.91 Å². The molecule has 1 fully saturated rings. The van der Waals surface area contributed by atoms with Gasteiger partial charge in [0.05, 0.1) is 11.4 Å². The molecule has 0 saturated heterocycles. The lowest BCUT2D eigenvalue weighted by atomic mass is 10.1. The molecule has 0 bridgehead atoms. The highest BCUT2D eigenvalue weighted by Gasteiger charge is 2.30. The van der Waals surface area contributed by atoms with Crippen LogP contribution in [0.4, 0.5) is 10.8 Å². The van der Waals surface area contributed by atoms with Crippen LogP contribution in [0.3, 0.4) is 0 Å². The molecule has 118 valence electrons. The van der Waals surface area contributed by atoms with Crippen molar-refractivity contribution in [2.24, 2.45) is 5.92 Å². The van der Waals surface area contributed by atoms with E-state index in [1.165, 1.54) is 11.3 Å². The van der Waals surface area contributed by atoms with Crippen molar-refractivity contribution in [3.8, 4) is 17.0 Å². The van der Waals surface area contributed by atoms with Gasteiger partial charge >= 0.3 is 0 Å². The lowest BCUT2D eigenvalue weighted by Crippen LogP contribution is -2.34. The number of benzene rings is 1. The molecule has 0 unspecified atom stereocenters. The molecule has 6 nitrogen and oxygen atoms in total. The molecule has 4 rings (SSSR count).